The van der Waals surface area contributed by atoms with E-state index in [-0.39, 0.29) is 21.4 Å². The van der Waals surface area contributed by atoms with Crippen LogP contribution in [0.5, 0.6) is 5.75 Å². The Morgan fingerprint density at radius 1 is 1.16 bits per heavy atom. The number of sulfonamides is 1. The first kappa shape index (κ1) is 22.7. The molecule has 164 valence electrons. The summed E-state index contributed by atoms with van der Waals surface area (Å²) in [5.41, 5.74) is 6.69. The topological polar surface area (TPSA) is 124 Å². The minimum Gasteiger partial charge on any atom is -0.495 e. The normalized spacial score (nSPS) is 12.3. The average molecular weight is 464 g/mol. The van der Waals surface area contributed by atoms with E-state index in [1.807, 2.05) is 6.92 Å². The largest absolute Gasteiger partial charge is 0.495 e. The Balaban J connectivity index is 1.91. The molecule has 1 atom stereocenters. The van der Waals surface area contributed by atoms with Gasteiger partial charge in [0.25, 0.3) is 10.0 Å². The van der Waals surface area contributed by atoms with Crippen LogP contribution in [0.1, 0.15) is 12.7 Å². The number of ether oxygens (including phenoxy) is 1. The molecule has 0 spiro atoms. The SMILES string of the molecule is COc1ccc(NC(=O)[C@H](C)N)cc1NS(=O)(=O)c1ccc(-c2ccc(C)o2)cc1Cl. The van der Waals surface area contributed by atoms with Crippen molar-refractivity contribution < 1.29 is 22.4 Å². The lowest BCUT2D eigenvalue weighted by molar-refractivity contribution is -0.117. The molecule has 3 aromatic rings. The fraction of sp³-hybridized carbons (Fsp3) is 0.190. The van der Waals surface area contributed by atoms with Gasteiger partial charge < -0.3 is 20.2 Å². The van der Waals surface area contributed by atoms with E-state index in [0.29, 0.717) is 17.0 Å². The van der Waals surface area contributed by atoms with Gasteiger partial charge in [-0.15, -0.1) is 0 Å². The molecule has 10 heteroatoms. The predicted molar refractivity (Wildman–Crippen MR) is 120 cm³/mol. The van der Waals surface area contributed by atoms with Gasteiger partial charge in [0.2, 0.25) is 5.91 Å². The number of rotatable bonds is 7. The van der Waals surface area contributed by atoms with E-state index in [1.54, 1.807) is 24.3 Å². The minimum absolute atomic E-state index is 0.0273. The Hall–Kier alpha value is -3.01. The molecule has 0 radical (unpaired) electrons. The zero-order valence-corrected chi connectivity index (χ0v) is 18.7. The van der Waals surface area contributed by atoms with Gasteiger partial charge in [0, 0.05) is 11.3 Å². The maximum atomic E-state index is 13.0. The highest BCUT2D eigenvalue weighted by Crippen LogP contribution is 2.33. The molecule has 3 rings (SSSR count). The molecule has 0 unspecified atom stereocenters. The number of furan rings is 1. The molecule has 1 aromatic heterocycles. The summed E-state index contributed by atoms with van der Waals surface area (Å²) in [6.45, 7) is 3.35. The Kier molecular flexibility index (Phi) is 6.59. The predicted octanol–water partition coefficient (Wildman–Crippen LogP) is 4.00. The number of halogens is 1. The maximum Gasteiger partial charge on any atom is 0.263 e. The van der Waals surface area contributed by atoms with Crippen LogP contribution in [0.15, 0.2) is 57.8 Å². The third kappa shape index (κ3) is 5.19. The lowest BCUT2D eigenvalue weighted by atomic mass is 10.2. The summed E-state index contributed by atoms with van der Waals surface area (Å²) in [4.78, 5) is 11.7. The number of aryl methyl sites for hydroxylation is 1. The second-order valence-corrected chi connectivity index (χ2v) is 8.91. The lowest BCUT2D eigenvalue weighted by Crippen LogP contribution is -2.32. The Morgan fingerprint density at radius 2 is 1.90 bits per heavy atom. The van der Waals surface area contributed by atoms with Gasteiger partial charge in [-0.05, 0) is 62.4 Å². The molecule has 1 amide bonds. The van der Waals surface area contributed by atoms with Gasteiger partial charge in [0.1, 0.15) is 22.2 Å². The van der Waals surface area contributed by atoms with Crippen molar-refractivity contribution in [2.75, 3.05) is 17.1 Å². The summed E-state index contributed by atoms with van der Waals surface area (Å²) in [7, 11) is -2.66. The van der Waals surface area contributed by atoms with Gasteiger partial charge in [-0.1, -0.05) is 11.6 Å². The molecular weight excluding hydrogens is 442 g/mol. The summed E-state index contributed by atoms with van der Waals surface area (Å²) in [5.74, 6) is 1.16. The smallest absolute Gasteiger partial charge is 0.263 e. The van der Waals surface area contributed by atoms with Crippen LogP contribution >= 0.6 is 11.6 Å². The molecule has 8 nitrogen and oxygen atoms in total. The van der Waals surface area contributed by atoms with Crippen molar-refractivity contribution in [1.29, 1.82) is 0 Å². The number of amides is 1. The van der Waals surface area contributed by atoms with E-state index in [4.69, 9.17) is 26.5 Å². The quantitative estimate of drug-likeness (QED) is 0.486. The standard InChI is InChI=1S/C21H22ClN3O5S/c1-12-4-7-18(30-12)14-5-9-20(16(22)10-14)31(27,28)25-17-11-15(6-8-19(17)29-3)24-21(26)13(2)23/h4-11,13,25H,23H2,1-3H3,(H,24,26)/t13-/m0/s1. The van der Waals surface area contributed by atoms with Crippen LogP contribution in [-0.2, 0) is 14.8 Å². The maximum absolute atomic E-state index is 13.0. The van der Waals surface area contributed by atoms with Gasteiger partial charge in [0.05, 0.1) is 23.9 Å². The van der Waals surface area contributed by atoms with Crippen molar-refractivity contribution in [2.24, 2.45) is 5.73 Å². The minimum atomic E-state index is -4.06. The first-order valence-electron chi connectivity index (χ1n) is 9.24. The van der Waals surface area contributed by atoms with Crippen LogP contribution in [0, 0.1) is 6.92 Å². The Morgan fingerprint density at radius 3 is 2.48 bits per heavy atom. The molecule has 0 aliphatic heterocycles. The number of benzene rings is 2. The highest BCUT2D eigenvalue weighted by atomic mass is 35.5. The molecule has 2 aromatic carbocycles. The number of hydrogen-bond acceptors (Lipinski definition) is 6. The fourth-order valence-electron chi connectivity index (χ4n) is 2.78. The third-order valence-electron chi connectivity index (χ3n) is 4.37. The Bertz CT molecular complexity index is 1220. The van der Waals surface area contributed by atoms with Crippen LogP contribution in [0.2, 0.25) is 5.02 Å². The summed E-state index contributed by atoms with van der Waals surface area (Å²) < 4.78 is 39.3. The molecule has 0 saturated heterocycles. The molecule has 1 heterocycles. The third-order valence-corrected chi connectivity index (χ3v) is 6.22. The van der Waals surface area contributed by atoms with Crippen molar-refractivity contribution in [2.45, 2.75) is 24.8 Å². The fourth-order valence-corrected chi connectivity index (χ4v) is 4.39. The van der Waals surface area contributed by atoms with Crippen molar-refractivity contribution in [1.82, 2.24) is 0 Å². The monoisotopic (exact) mass is 463 g/mol. The van der Waals surface area contributed by atoms with E-state index in [9.17, 15) is 13.2 Å². The number of nitrogens with two attached hydrogens (primary N) is 1. The van der Waals surface area contributed by atoms with Gasteiger partial charge in [-0.2, -0.15) is 0 Å². The van der Waals surface area contributed by atoms with Crippen LogP contribution in [-0.4, -0.2) is 27.5 Å². The van der Waals surface area contributed by atoms with Gasteiger partial charge in [0.15, 0.2) is 0 Å². The van der Waals surface area contributed by atoms with Gasteiger partial charge in [-0.25, -0.2) is 8.42 Å². The van der Waals surface area contributed by atoms with E-state index in [2.05, 4.69) is 10.0 Å². The molecule has 4 N–H and O–H groups in total. The number of nitrogens with one attached hydrogen (secondary N) is 2. The second-order valence-electron chi connectivity index (χ2n) is 6.85. The highest BCUT2D eigenvalue weighted by molar-refractivity contribution is 7.92. The number of anilines is 2. The van der Waals surface area contributed by atoms with Gasteiger partial charge >= 0.3 is 0 Å². The van der Waals surface area contributed by atoms with E-state index < -0.39 is 22.0 Å². The number of methoxy groups -OCH3 is 1. The summed E-state index contributed by atoms with van der Waals surface area (Å²) in [6, 6.07) is 11.9. The van der Waals surface area contributed by atoms with E-state index in [0.717, 1.165) is 5.76 Å². The summed E-state index contributed by atoms with van der Waals surface area (Å²) in [6.07, 6.45) is 0. The molecular formula is C21H22ClN3O5S. The average Bonchev–Trinajstić information content (AvgIpc) is 3.14. The van der Waals surface area contributed by atoms with Crippen molar-refractivity contribution in [3.63, 3.8) is 0 Å². The van der Waals surface area contributed by atoms with Crippen LogP contribution in [0.25, 0.3) is 11.3 Å². The zero-order chi connectivity index (χ0) is 22.8. The highest BCUT2D eigenvalue weighted by Gasteiger charge is 2.21. The van der Waals surface area contributed by atoms with E-state index >= 15 is 0 Å². The summed E-state index contributed by atoms with van der Waals surface area (Å²) in [5, 5.41) is 2.63. The van der Waals surface area contributed by atoms with Gasteiger partial charge in [-0.3, -0.25) is 9.52 Å². The molecule has 0 bridgehead atoms. The van der Waals surface area contributed by atoms with Crippen LogP contribution in [0.3, 0.4) is 0 Å². The first-order chi connectivity index (χ1) is 14.6. The Labute approximate surface area is 185 Å². The number of carbonyl (C=O) groups excluding carboxylic acids is 1. The van der Waals surface area contributed by atoms with Crippen molar-refractivity contribution in [3.8, 4) is 17.1 Å². The molecule has 0 aliphatic rings. The van der Waals surface area contributed by atoms with E-state index in [1.165, 1.54) is 38.3 Å². The van der Waals surface area contributed by atoms with Crippen molar-refractivity contribution in [3.05, 3.63) is 59.3 Å². The number of carbonyl (C=O) groups is 1. The molecule has 31 heavy (non-hydrogen) atoms. The molecule has 0 aliphatic carbocycles. The van der Waals surface area contributed by atoms with Crippen molar-refractivity contribution >= 4 is 38.9 Å². The zero-order valence-electron chi connectivity index (χ0n) is 17.1. The molecule has 0 saturated carbocycles. The summed E-state index contributed by atoms with van der Waals surface area (Å²) >= 11 is 6.28. The van der Waals surface area contributed by atoms with Crippen LogP contribution < -0.4 is 20.5 Å². The first-order valence-corrected chi connectivity index (χ1v) is 11.1. The second kappa shape index (κ2) is 9.01. The number of hydrogen-bond donors (Lipinski definition) is 3. The lowest BCUT2D eigenvalue weighted by Gasteiger charge is -2.15. The van der Waals surface area contributed by atoms with Crippen LogP contribution in [0.4, 0.5) is 11.4 Å². The molecule has 0 fully saturated rings.